The third-order valence-electron chi connectivity index (χ3n) is 2.78. The largest absolute Gasteiger partial charge is 0.309 e. The molecule has 2 aromatic rings. The molecular formula is C14H12BrF2N. The molecule has 0 amide bonds. The first-order valence-electron chi connectivity index (χ1n) is 5.50. The highest BCUT2D eigenvalue weighted by Crippen LogP contribution is 2.26. The van der Waals surface area contributed by atoms with Crippen molar-refractivity contribution >= 4 is 15.9 Å². The molecule has 0 fully saturated rings. The zero-order valence-corrected chi connectivity index (χ0v) is 11.3. The smallest absolute Gasteiger partial charge is 0.163 e. The van der Waals surface area contributed by atoms with Crippen LogP contribution in [0.3, 0.4) is 0 Å². The molecule has 1 unspecified atom stereocenters. The SMILES string of the molecule is CNC(c1ccc(Br)cc1)c1cccc(F)c1F. The van der Waals surface area contributed by atoms with Crippen LogP contribution in [0.1, 0.15) is 17.2 Å². The van der Waals surface area contributed by atoms with Crippen molar-refractivity contribution in [2.45, 2.75) is 6.04 Å². The summed E-state index contributed by atoms with van der Waals surface area (Å²) in [5.41, 5.74) is 1.19. The van der Waals surface area contributed by atoms with Gasteiger partial charge in [-0.2, -0.15) is 0 Å². The van der Waals surface area contributed by atoms with Gasteiger partial charge in [-0.25, -0.2) is 8.78 Å². The van der Waals surface area contributed by atoms with E-state index in [4.69, 9.17) is 0 Å². The molecule has 4 heteroatoms. The van der Waals surface area contributed by atoms with Crippen molar-refractivity contribution in [1.82, 2.24) is 5.32 Å². The Hall–Kier alpha value is -1.26. The fourth-order valence-electron chi connectivity index (χ4n) is 1.90. The fraction of sp³-hybridized carbons (Fsp3) is 0.143. The normalized spacial score (nSPS) is 12.4. The second-order valence-corrected chi connectivity index (χ2v) is 4.83. The van der Waals surface area contributed by atoms with E-state index in [9.17, 15) is 8.78 Å². The highest BCUT2D eigenvalue weighted by atomic mass is 79.9. The predicted molar refractivity (Wildman–Crippen MR) is 71.4 cm³/mol. The summed E-state index contributed by atoms with van der Waals surface area (Å²) in [5, 5.41) is 3.00. The summed E-state index contributed by atoms with van der Waals surface area (Å²) >= 11 is 3.34. The van der Waals surface area contributed by atoms with Crippen LogP contribution >= 0.6 is 15.9 Å². The van der Waals surface area contributed by atoms with Crippen molar-refractivity contribution in [3.63, 3.8) is 0 Å². The average Bonchev–Trinajstić information content (AvgIpc) is 2.37. The highest BCUT2D eigenvalue weighted by Gasteiger charge is 2.18. The molecule has 2 aromatic carbocycles. The van der Waals surface area contributed by atoms with Crippen LogP contribution < -0.4 is 5.32 Å². The second kappa shape index (κ2) is 5.59. The predicted octanol–water partition coefficient (Wildman–Crippen LogP) is 4.04. The summed E-state index contributed by atoms with van der Waals surface area (Å²) in [6, 6.07) is 11.3. The van der Waals surface area contributed by atoms with E-state index in [-0.39, 0.29) is 6.04 Å². The Balaban J connectivity index is 2.45. The van der Waals surface area contributed by atoms with Gasteiger partial charge >= 0.3 is 0 Å². The van der Waals surface area contributed by atoms with Crippen LogP contribution in [0.4, 0.5) is 8.78 Å². The minimum Gasteiger partial charge on any atom is -0.309 e. The van der Waals surface area contributed by atoms with Crippen molar-refractivity contribution in [2.75, 3.05) is 7.05 Å². The maximum absolute atomic E-state index is 13.8. The van der Waals surface area contributed by atoms with Crippen LogP contribution in [0.2, 0.25) is 0 Å². The second-order valence-electron chi connectivity index (χ2n) is 3.92. The van der Waals surface area contributed by atoms with Gasteiger partial charge < -0.3 is 5.32 Å². The Morgan fingerprint density at radius 1 is 1.06 bits per heavy atom. The minimum atomic E-state index is -0.829. The Kier molecular flexibility index (Phi) is 4.09. The number of hydrogen-bond donors (Lipinski definition) is 1. The number of halogens is 3. The third kappa shape index (κ3) is 2.60. The Labute approximate surface area is 113 Å². The molecule has 0 aliphatic carbocycles. The fourth-order valence-corrected chi connectivity index (χ4v) is 2.16. The number of benzene rings is 2. The molecule has 0 aliphatic heterocycles. The van der Waals surface area contributed by atoms with Gasteiger partial charge in [0.2, 0.25) is 0 Å². The zero-order valence-electron chi connectivity index (χ0n) is 9.75. The van der Waals surface area contributed by atoms with E-state index in [1.54, 1.807) is 13.1 Å². The van der Waals surface area contributed by atoms with Gasteiger partial charge in [0, 0.05) is 10.0 Å². The van der Waals surface area contributed by atoms with Gasteiger partial charge in [-0.15, -0.1) is 0 Å². The third-order valence-corrected chi connectivity index (χ3v) is 3.31. The van der Waals surface area contributed by atoms with Gasteiger partial charge in [-0.1, -0.05) is 40.2 Å². The van der Waals surface area contributed by atoms with Crippen molar-refractivity contribution in [3.8, 4) is 0 Å². The van der Waals surface area contributed by atoms with Crippen molar-refractivity contribution in [3.05, 3.63) is 69.7 Å². The molecule has 1 atom stereocenters. The minimum absolute atomic E-state index is 0.305. The molecule has 2 rings (SSSR count). The van der Waals surface area contributed by atoms with E-state index in [2.05, 4.69) is 21.2 Å². The summed E-state index contributed by atoms with van der Waals surface area (Å²) in [5.74, 6) is -1.63. The van der Waals surface area contributed by atoms with E-state index in [1.165, 1.54) is 6.07 Å². The van der Waals surface area contributed by atoms with Gasteiger partial charge in [-0.3, -0.25) is 0 Å². The van der Waals surface area contributed by atoms with Gasteiger partial charge in [0.05, 0.1) is 6.04 Å². The summed E-state index contributed by atoms with van der Waals surface area (Å²) in [6.45, 7) is 0. The summed E-state index contributed by atoms with van der Waals surface area (Å²) < 4.78 is 28.0. The first-order chi connectivity index (χ1) is 8.63. The molecule has 94 valence electrons. The molecule has 0 saturated carbocycles. The zero-order chi connectivity index (χ0) is 13.1. The first kappa shape index (κ1) is 13.2. The molecule has 0 aromatic heterocycles. The monoisotopic (exact) mass is 311 g/mol. The lowest BCUT2D eigenvalue weighted by atomic mass is 9.98. The van der Waals surface area contributed by atoms with E-state index < -0.39 is 11.6 Å². The Bertz CT molecular complexity index is 540. The lowest BCUT2D eigenvalue weighted by molar-refractivity contribution is 0.487. The Morgan fingerprint density at radius 2 is 1.72 bits per heavy atom. The van der Waals surface area contributed by atoms with Crippen LogP contribution in [0.5, 0.6) is 0 Å². The molecule has 0 aliphatic rings. The number of rotatable bonds is 3. The van der Waals surface area contributed by atoms with Crippen LogP contribution in [0.25, 0.3) is 0 Å². The van der Waals surface area contributed by atoms with E-state index >= 15 is 0 Å². The molecule has 1 nitrogen and oxygen atoms in total. The number of hydrogen-bond acceptors (Lipinski definition) is 1. The van der Waals surface area contributed by atoms with Crippen LogP contribution in [0.15, 0.2) is 46.9 Å². The van der Waals surface area contributed by atoms with Gasteiger partial charge in [0.25, 0.3) is 0 Å². The van der Waals surface area contributed by atoms with Crippen LogP contribution in [-0.2, 0) is 0 Å². The number of nitrogens with one attached hydrogen (secondary N) is 1. The molecule has 0 spiro atoms. The van der Waals surface area contributed by atoms with Crippen LogP contribution in [0, 0.1) is 11.6 Å². The molecule has 1 N–H and O–H groups in total. The maximum atomic E-state index is 13.8. The van der Waals surface area contributed by atoms with Crippen molar-refractivity contribution < 1.29 is 8.78 Å². The lowest BCUT2D eigenvalue weighted by Gasteiger charge is -2.18. The van der Waals surface area contributed by atoms with E-state index in [0.717, 1.165) is 16.1 Å². The molecule has 0 radical (unpaired) electrons. The van der Waals surface area contributed by atoms with Crippen molar-refractivity contribution in [1.29, 1.82) is 0 Å². The summed E-state index contributed by atoms with van der Waals surface area (Å²) in [4.78, 5) is 0. The van der Waals surface area contributed by atoms with Crippen molar-refractivity contribution in [2.24, 2.45) is 0 Å². The maximum Gasteiger partial charge on any atom is 0.163 e. The molecule has 0 bridgehead atoms. The quantitative estimate of drug-likeness (QED) is 0.902. The molecule has 18 heavy (non-hydrogen) atoms. The van der Waals surface area contributed by atoms with Gasteiger partial charge in [-0.05, 0) is 30.8 Å². The van der Waals surface area contributed by atoms with Crippen LogP contribution in [-0.4, -0.2) is 7.05 Å². The van der Waals surface area contributed by atoms with Gasteiger partial charge in [0.1, 0.15) is 0 Å². The lowest BCUT2D eigenvalue weighted by Crippen LogP contribution is -2.19. The summed E-state index contributed by atoms with van der Waals surface area (Å²) in [6.07, 6.45) is 0. The highest BCUT2D eigenvalue weighted by molar-refractivity contribution is 9.10. The summed E-state index contributed by atoms with van der Waals surface area (Å²) in [7, 11) is 1.72. The molecule has 0 heterocycles. The standard InChI is InChI=1S/C14H12BrF2N/c1-18-14(9-5-7-10(15)8-6-9)11-3-2-4-12(16)13(11)17/h2-8,14,18H,1H3. The Morgan fingerprint density at radius 3 is 2.33 bits per heavy atom. The topological polar surface area (TPSA) is 12.0 Å². The van der Waals surface area contributed by atoms with Gasteiger partial charge in [0.15, 0.2) is 11.6 Å². The average molecular weight is 312 g/mol. The molecular weight excluding hydrogens is 300 g/mol. The van der Waals surface area contributed by atoms with E-state index in [1.807, 2.05) is 24.3 Å². The van der Waals surface area contributed by atoms with E-state index in [0.29, 0.717) is 5.56 Å². The first-order valence-corrected chi connectivity index (χ1v) is 6.29. The molecule has 0 saturated heterocycles.